The summed E-state index contributed by atoms with van der Waals surface area (Å²) in [5.74, 6) is -1.20. The van der Waals surface area contributed by atoms with Crippen LogP contribution in [0.3, 0.4) is 0 Å². The Balaban J connectivity index is 2.49. The van der Waals surface area contributed by atoms with Crippen molar-refractivity contribution in [2.75, 3.05) is 13.2 Å². The van der Waals surface area contributed by atoms with Gasteiger partial charge in [0.2, 0.25) is 5.91 Å². The fourth-order valence-electron chi connectivity index (χ4n) is 2.71. The molecule has 2 unspecified atom stereocenters. The van der Waals surface area contributed by atoms with Crippen molar-refractivity contribution in [3.63, 3.8) is 0 Å². The molecule has 1 aromatic rings. The lowest BCUT2D eigenvalue weighted by molar-refractivity contribution is -0.172. The summed E-state index contributed by atoms with van der Waals surface area (Å²) in [7, 11) is 0. The standard InChI is InChI=1S/C15H19NO4/c1-3-10-7-5-6-8-11(10)13-14(15(18)19)20-9-12(17)16(13)4-2/h5-8,13-14H,3-4,9H2,1-2H3,(H,18,19). The molecule has 1 aliphatic rings. The smallest absolute Gasteiger partial charge is 0.335 e. The molecule has 2 rings (SSSR count). The minimum absolute atomic E-state index is 0.166. The number of carbonyl (C=O) groups excluding carboxylic acids is 1. The molecule has 1 fully saturated rings. The second-order valence-corrected chi connectivity index (χ2v) is 4.75. The number of benzene rings is 1. The van der Waals surface area contributed by atoms with E-state index in [4.69, 9.17) is 4.74 Å². The highest BCUT2D eigenvalue weighted by atomic mass is 16.5. The van der Waals surface area contributed by atoms with E-state index in [1.165, 1.54) is 0 Å². The molecule has 0 bridgehead atoms. The second kappa shape index (κ2) is 6.05. The third kappa shape index (κ3) is 2.54. The van der Waals surface area contributed by atoms with E-state index in [2.05, 4.69) is 0 Å². The summed E-state index contributed by atoms with van der Waals surface area (Å²) in [6.07, 6.45) is -0.231. The van der Waals surface area contributed by atoms with Gasteiger partial charge in [0, 0.05) is 6.54 Å². The van der Waals surface area contributed by atoms with E-state index in [1.807, 2.05) is 38.1 Å². The molecule has 1 aromatic carbocycles. The van der Waals surface area contributed by atoms with Crippen LogP contribution in [-0.2, 0) is 20.7 Å². The topological polar surface area (TPSA) is 66.8 Å². The Kier molecular flexibility index (Phi) is 4.39. The number of carboxylic acids is 1. The van der Waals surface area contributed by atoms with E-state index in [1.54, 1.807) is 4.90 Å². The summed E-state index contributed by atoms with van der Waals surface area (Å²) in [5, 5.41) is 9.37. The van der Waals surface area contributed by atoms with Crippen molar-refractivity contribution in [1.29, 1.82) is 0 Å². The Morgan fingerprint density at radius 3 is 2.70 bits per heavy atom. The average Bonchev–Trinajstić information content (AvgIpc) is 2.46. The molecule has 20 heavy (non-hydrogen) atoms. The zero-order chi connectivity index (χ0) is 14.7. The van der Waals surface area contributed by atoms with Gasteiger partial charge in [-0.2, -0.15) is 0 Å². The van der Waals surface area contributed by atoms with Gasteiger partial charge < -0.3 is 14.7 Å². The van der Waals surface area contributed by atoms with Gasteiger partial charge in [-0.25, -0.2) is 4.79 Å². The molecule has 5 nitrogen and oxygen atoms in total. The summed E-state index contributed by atoms with van der Waals surface area (Å²) >= 11 is 0. The number of nitrogens with zero attached hydrogens (tertiary/aromatic N) is 1. The Bertz CT molecular complexity index is 512. The molecule has 0 radical (unpaired) electrons. The number of likely N-dealkylation sites (N-methyl/N-ethyl adjacent to an activating group) is 1. The highest BCUT2D eigenvalue weighted by molar-refractivity contribution is 5.83. The first-order valence-corrected chi connectivity index (χ1v) is 6.81. The lowest BCUT2D eigenvalue weighted by Gasteiger charge is -2.39. The highest BCUT2D eigenvalue weighted by Crippen LogP contribution is 2.32. The Hall–Kier alpha value is -1.88. The predicted molar refractivity (Wildman–Crippen MR) is 73.3 cm³/mol. The number of morpholine rings is 1. The Morgan fingerprint density at radius 2 is 2.10 bits per heavy atom. The van der Waals surface area contributed by atoms with Gasteiger partial charge in [0.05, 0.1) is 6.04 Å². The van der Waals surface area contributed by atoms with Gasteiger partial charge in [-0.3, -0.25) is 4.79 Å². The maximum absolute atomic E-state index is 12.0. The molecule has 1 N–H and O–H groups in total. The number of ether oxygens (including phenoxy) is 1. The molecule has 108 valence electrons. The van der Waals surface area contributed by atoms with Crippen LogP contribution in [0.25, 0.3) is 0 Å². The van der Waals surface area contributed by atoms with Gasteiger partial charge in [-0.1, -0.05) is 31.2 Å². The van der Waals surface area contributed by atoms with Gasteiger partial charge in [-0.05, 0) is 24.5 Å². The molecule has 1 heterocycles. The van der Waals surface area contributed by atoms with E-state index >= 15 is 0 Å². The van der Waals surface area contributed by atoms with Gasteiger partial charge in [0.15, 0.2) is 6.10 Å². The molecule has 1 amide bonds. The fraction of sp³-hybridized carbons (Fsp3) is 0.467. The quantitative estimate of drug-likeness (QED) is 0.908. The zero-order valence-corrected chi connectivity index (χ0v) is 11.7. The molecule has 0 saturated carbocycles. The van der Waals surface area contributed by atoms with Crippen LogP contribution in [-0.4, -0.2) is 41.1 Å². The number of amides is 1. The van der Waals surface area contributed by atoms with E-state index in [-0.39, 0.29) is 12.5 Å². The minimum atomic E-state index is -1.04. The van der Waals surface area contributed by atoms with E-state index in [0.29, 0.717) is 6.54 Å². The summed E-state index contributed by atoms with van der Waals surface area (Å²) in [6, 6.07) is 7.06. The number of hydrogen-bond acceptors (Lipinski definition) is 3. The molecular weight excluding hydrogens is 258 g/mol. The number of aryl methyl sites for hydroxylation is 1. The Morgan fingerprint density at radius 1 is 1.40 bits per heavy atom. The van der Waals surface area contributed by atoms with E-state index in [0.717, 1.165) is 17.5 Å². The van der Waals surface area contributed by atoms with Crippen LogP contribution in [0.1, 0.15) is 31.0 Å². The van der Waals surface area contributed by atoms with Gasteiger partial charge in [0.25, 0.3) is 0 Å². The first kappa shape index (κ1) is 14.5. The first-order valence-electron chi connectivity index (χ1n) is 6.81. The van der Waals surface area contributed by atoms with E-state index < -0.39 is 18.1 Å². The van der Waals surface area contributed by atoms with Gasteiger partial charge in [0.1, 0.15) is 6.61 Å². The van der Waals surface area contributed by atoms with Crippen LogP contribution in [0.2, 0.25) is 0 Å². The van der Waals surface area contributed by atoms with Crippen LogP contribution < -0.4 is 0 Å². The van der Waals surface area contributed by atoms with Crippen LogP contribution in [0.4, 0.5) is 0 Å². The summed E-state index contributed by atoms with van der Waals surface area (Å²) in [5.41, 5.74) is 1.90. The predicted octanol–water partition coefficient (Wildman–Crippen LogP) is 1.62. The largest absolute Gasteiger partial charge is 0.479 e. The van der Waals surface area contributed by atoms with Crippen LogP contribution in [0.15, 0.2) is 24.3 Å². The van der Waals surface area contributed by atoms with Crippen molar-refractivity contribution in [2.45, 2.75) is 32.4 Å². The van der Waals surface area contributed by atoms with Crippen molar-refractivity contribution in [2.24, 2.45) is 0 Å². The first-order chi connectivity index (χ1) is 9.60. The van der Waals surface area contributed by atoms with Crippen LogP contribution in [0, 0.1) is 0 Å². The summed E-state index contributed by atoms with van der Waals surface area (Å²) in [6.45, 7) is 4.16. The third-order valence-electron chi connectivity index (χ3n) is 3.67. The van der Waals surface area contributed by atoms with Crippen molar-refractivity contribution >= 4 is 11.9 Å². The number of hydrogen-bond donors (Lipinski definition) is 1. The van der Waals surface area contributed by atoms with Crippen molar-refractivity contribution < 1.29 is 19.4 Å². The van der Waals surface area contributed by atoms with Crippen molar-refractivity contribution in [1.82, 2.24) is 4.90 Å². The number of carbonyl (C=O) groups is 2. The van der Waals surface area contributed by atoms with Crippen molar-refractivity contribution in [3.05, 3.63) is 35.4 Å². The maximum Gasteiger partial charge on any atom is 0.335 e. The SMILES string of the molecule is CCc1ccccc1C1C(C(=O)O)OCC(=O)N1CC. The van der Waals surface area contributed by atoms with Gasteiger partial charge in [-0.15, -0.1) is 0 Å². The molecule has 2 atom stereocenters. The van der Waals surface area contributed by atoms with Crippen molar-refractivity contribution in [3.8, 4) is 0 Å². The maximum atomic E-state index is 12.0. The zero-order valence-electron chi connectivity index (χ0n) is 11.7. The average molecular weight is 277 g/mol. The minimum Gasteiger partial charge on any atom is -0.479 e. The summed E-state index contributed by atoms with van der Waals surface area (Å²) < 4.78 is 5.26. The third-order valence-corrected chi connectivity index (χ3v) is 3.67. The second-order valence-electron chi connectivity index (χ2n) is 4.75. The normalized spacial score (nSPS) is 22.9. The molecule has 1 saturated heterocycles. The lowest BCUT2D eigenvalue weighted by Crippen LogP contribution is -2.51. The molecule has 0 aromatic heterocycles. The van der Waals surface area contributed by atoms with E-state index in [9.17, 15) is 14.7 Å². The molecule has 5 heteroatoms. The summed E-state index contributed by atoms with van der Waals surface area (Å²) in [4.78, 5) is 25.0. The monoisotopic (exact) mass is 277 g/mol. The highest BCUT2D eigenvalue weighted by Gasteiger charge is 2.41. The number of carboxylic acid groups (broad SMARTS) is 1. The molecule has 1 aliphatic heterocycles. The number of rotatable bonds is 4. The molecular formula is C15H19NO4. The fourth-order valence-corrected chi connectivity index (χ4v) is 2.71. The number of aliphatic carboxylic acids is 1. The van der Waals surface area contributed by atoms with Gasteiger partial charge >= 0.3 is 5.97 Å². The molecule has 0 spiro atoms. The molecule has 0 aliphatic carbocycles. The van der Waals surface area contributed by atoms with Crippen LogP contribution in [0.5, 0.6) is 0 Å². The lowest BCUT2D eigenvalue weighted by atomic mass is 9.92. The van der Waals surface area contributed by atoms with Crippen LogP contribution >= 0.6 is 0 Å². The Labute approximate surface area is 118 Å².